The Morgan fingerprint density at radius 1 is 1.33 bits per heavy atom. The number of hydrogen-bond donors (Lipinski definition) is 3. The molecule has 8 heteroatoms. The predicted octanol–water partition coefficient (Wildman–Crippen LogP) is 3.15. The molecule has 2 heterocycles. The number of hydrogen-bond acceptors (Lipinski definition) is 3. The molecule has 0 saturated heterocycles. The Kier molecular flexibility index (Phi) is 6.92. The highest BCUT2D eigenvalue weighted by Crippen LogP contribution is 2.22. The summed E-state index contributed by atoms with van der Waals surface area (Å²) in [7, 11) is 0. The smallest absolute Gasteiger partial charge is 0.272 e. The minimum atomic E-state index is -0.131. The highest BCUT2D eigenvalue weighted by Gasteiger charge is 2.21. The van der Waals surface area contributed by atoms with Gasteiger partial charge in [-0.1, -0.05) is 29.3 Å². The van der Waals surface area contributed by atoms with E-state index in [9.17, 15) is 4.79 Å². The molecule has 5 nitrogen and oxygen atoms in total. The van der Waals surface area contributed by atoms with Gasteiger partial charge in [0.25, 0.3) is 5.91 Å². The molecule has 1 aromatic carbocycles. The average molecular weight is 390 g/mol. The Bertz CT molecular complexity index is 717. The molecule has 0 fully saturated rings. The van der Waals surface area contributed by atoms with Crippen LogP contribution in [0.4, 0.5) is 0 Å². The largest absolute Gasteiger partial charge is 0.351 e. The minimum Gasteiger partial charge on any atom is -0.351 e. The summed E-state index contributed by atoms with van der Waals surface area (Å²) in [5, 5.41) is 14.6. The van der Waals surface area contributed by atoms with Crippen LogP contribution in [0.15, 0.2) is 18.2 Å². The number of rotatable bonds is 5. The fourth-order valence-electron chi connectivity index (χ4n) is 2.70. The van der Waals surface area contributed by atoms with Crippen LogP contribution in [0.1, 0.15) is 33.7 Å². The topological polar surface area (TPSA) is 69.8 Å². The van der Waals surface area contributed by atoms with Gasteiger partial charge in [0.05, 0.1) is 0 Å². The lowest BCUT2D eigenvalue weighted by Crippen LogP contribution is -2.29. The molecular weight excluding hydrogens is 371 g/mol. The first-order valence-electron chi connectivity index (χ1n) is 7.64. The van der Waals surface area contributed by atoms with Gasteiger partial charge in [-0.05, 0) is 30.5 Å². The van der Waals surface area contributed by atoms with Gasteiger partial charge in [-0.3, -0.25) is 9.89 Å². The lowest BCUT2D eigenvalue weighted by molar-refractivity contribution is 0.0947. The number of nitrogens with zero attached hydrogens (tertiary/aromatic N) is 1. The molecule has 3 N–H and O–H groups in total. The third-order valence-corrected chi connectivity index (χ3v) is 4.53. The number of aromatic nitrogens is 2. The molecule has 0 spiro atoms. The summed E-state index contributed by atoms with van der Waals surface area (Å²) in [5.74, 6) is -0.131. The maximum Gasteiger partial charge on any atom is 0.272 e. The van der Waals surface area contributed by atoms with Crippen molar-refractivity contribution in [3.05, 3.63) is 50.8 Å². The number of fused-ring (bicyclic) bond motifs is 1. The van der Waals surface area contributed by atoms with E-state index in [1.54, 1.807) is 6.07 Å². The third kappa shape index (κ3) is 4.42. The summed E-state index contributed by atoms with van der Waals surface area (Å²) >= 11 is 12.0. The molecule has 0 bridgehead atoms. The number of amides is 1. The van der Waals surface area contributed by atoms with Crippen molar-refractivity contribution in [2.45, 2.75) is 25.8 Å². The quantitative estimate of drug-likeness (QED) is 0.688. The van der Waals surface area contributed by atoms with E-state index in [0.29, 0.717) is 28.8 Å². The SMILES string of the molecule is Cl.O=C(NCCCc1ccc(Cl)cc1Cl)c1n[nH]c2c1CNCC2. The maximum absolute atomic E-state index is 12.2. The number of halogens is 3. The number of aryl methyl sites for hydroxylation is 1. The summed E-state index contributed by atoms with van der Waals surface area (Å²) in [6.45, 7) is 2.18. The third-order valence-electron chi connectivity index (χ3n) is 3.94. The summed E-state index contributed by atoms with van der Waals surface area (Å²) in [4.78, 5) is 12.2. The van der Waals surface area contributed by atoms with Crippen molar-refractivity contribution in [2.24, 2.45) is 0 Å². The highest BCUT2D eigenvalue weighted by atomic mass is 35.5. The molecule has 1 aromatic heterocycles. The second kappa shape index (κ2) is 8.72. The van der Waals surface area contributed by atoms with Crippen LogP contribution in [0, 0.1) is 0 Å². The minimum absolute atomic E-state index is 0. The van der Waals surface area contributed by atoms with E-state index in [1.165, 1.54) is 0 Å². The second-order valence-corrected chi connectivity index (χ2v) is 6.39. The van der Waals surface area contributed by atoms with Crippen LogP contribution in [0.25, 0.3) is 0 Å². The van der Waals surface area contributed by atoms with Gasteiger partial charge in [-0.2, -0.15) is 5.10 Å². The van der Waals surface area contributed by atoms with E-state index in [1.807, 2.05) is 12.1 Å². The Morgan fingerprint density at radius 2 is 2.17 bits per heavy atom. The van der Waals surface area contributed by atoms with E-state index < -0.39 is 0 Å². The van der Waals surface area contributed by atoms with Crippen molar-refractivity contribution in [1.29, 1.82) is 0 Å². The van der Waals surface area contributed by atoms with E-state index in [-0.39, 0.29) is 18.3 Å². The van der Waals surface area contributed by atoms with Crippen LogP contribution in [0.2, 0.25) is 10.0 Å². The Hall–Kier alpha value is -1.27. The average Bonchev–Trinajstić information content (AvgIpc) is 2.97. The molecule has 1 aliphatic heterocycles. The molecule has 3 rings (SSSR count). The first kappa shape index (κ1) is 19.1. The predicted molar refractivity (Wildman–Crippen MR) is 98.4 cm³/mol. The van der Waals surface area contributed by atoms with Crippen LogP contribution >= 0.6 is 35.6 Å². The van der Waals surface area contributed by atoms with Gasteiger partial charge in [0.2, 0.25) is 0 Å². The van der Waals surface area contributed by atoms with Crippen molar-refractivity contribution in [2.75, 3.05) is 13.1 Å². The fraction of sp³-hybridized carbons (Fsp3) is 0.375. The lowest BCUT2D eigenvalue weighted by Gasteiger charge is -2.12. The number of nitrogens with one attached hydrogen (secondary N) is 3. The van der Waals surface area contributed by atoms with Gasteiger partial charge in [0, 0.05) is 47.4 Å². The molecule has 1 aliphatic rings. The molecule has 0 radical (unpaired) electrons. The number of H-pyrrole nitrogens is 1. The highest BCUT2D eigenvalue weighted by molar-refractivity contribution is 6.35. The molecule has 0 saturated carbocycles. The summed E-state index contributed by atoms with van der Waals surface area (Å²) < 4.78 is 0. The van der Waals surface area contributed by atoms with Crippen LogP contribution in [-0.2, 0) is 19.4 Å². The molecule has 0 aliphatic carbocycles. The first-order chi connectivity index (χ1) is 11.1. The summed E-state index contributed by atoms with van der Waals surface area (Å²) in [6.07, 6.45) is 2.47. The normalized spacial score (nSPS) is 13.1. The van der Waals surface area contributed by atoms with Crippen LogP contribution in [-0.4, -0.2) is 29.2 Å². The van der Waals surface area contributed by atoms with Crippen LogP contribution in [0.5, 0.6) is 0 Å². The zero-order valence-electron chi connectivity index (χ0n) is 13.0. The van der Waals surface area contributed by atoms with Gasteiger partial charge in [-0.25, -0.2) is 0 Å². The van der Waals surface area contributed by atoms with E-state index in [4.69, 9.17) is 23.2 Å². The first-order valence-corrected chi connectivity index (χ1v) is 8.39. The standard InChI is InChI=1S/C16H18Cl2N4O.ClH/c17-11-4-3-10(13(18)8-11)2-1-6-20-16(23)15-12-9-19-7-5-14(12)21-22-15;/h3-4,8,19H,1-2,5-7,9H2,(H,20,23)(H,21,22);1H. The Labute approximate surface area is 156 Å². The number of aromatic amines is 1. The number of carbonyl (C=O) groups excluding carboxylic acids is 1. The van der Waals surface area contributed by atoms with Crippen molar-refractivity contribution >= 4 is 41.5 Å². The van der Waals surface area contributed by atoms with Gasteiger partial charge in [-0.15, -0.1) is 12.4 Å². The van der Waals surface area contributed by atoms with E-state index in [0.717, 1.165) is 42.6 Å². The Balaban J connectivity index is 0.00000208. The molecule has 2 aromatic rings. The molecule has 0 unspecified atom stereocenters. The van der Waals surface area contributed by atoms with Crippen molar-refractivity contribution < 1.29 is 4.79 Å². The van der Waals surface area contributed by atoms with Gasteiger partial charge in [0.1, 0.15) is 0 Å². The van der Waals surface area contributed by atoms with Crippen LogP contribution < -0.4 is 10.6 Å². The summed E-state index contributed by atoms with van der Waals surface area (Å²) in [5.41, 5.74) is 3.57. The van der Waals surface area contributed by atoms with Gasteiger partial charge in [0.15, 0.2) is 5.69 Å². The zero-order chi connectivity index (χ0) is 16.2. The fourth-order valence-corrected chi connectivity index (χ4v) is 3.20. The van der Waals surface area contributed by atoms with Gasteiger partial charge >= 0.3 is 0 Å². The number of benzene rings is 1. The second-order valence-electron chi connectivity index (χ2n) is 5.55. The molecule has 130 valence electrons. The van der Waals surface area contributed by atoms with Crippen molar-refractivity contribution in [3.8, 4) is 0 Å². The zero-order valence-corrected chi connectivity index (χ0v) is 15.3. The Morgan fingerprint density at radius 3 is 2.96 bits per heavy atom. The molecule has 24 heavy (non-hydrogen) atoms. The lowest BCUT2D eigenvalue weighted by atomic mass is 10.1. The van der Waals surface area contributed by atoms with Crippen LogP contribution in [0.3, 0.4) is 0 Å². The monoisotopic (exact) mass is 388 g/mol. The van der Waals surface area contributed by atoms with E-state index in [2.05, 4.69) is 20.8 Å². The van der Waals surface area contributed by atoms with Gasteiger partial charge < -0.3 is 10.6 Å². The molecule has 0 atom stereocenters. The molecular formula is C16H19Cl3N4O. The number of carbonyl (C=O) groups is 1. The maximum atomic E-state index is 12.2. The van der Waals surface area contributed by atoms with E-state index >= 15 is 0 Å². The van der Waals surface area contributed by atoms with Crippen molar-refractivity contribution in [1.82, 2.24) is 20.8 Å². The van der Waals surface area contributed by atoms with Crippen molar-refractivity contribution in [3.63, 3.8) is 0 Å². The molecule has 1 amide bonds. The summed E-state index contributed by atoms with van der Waals surface area (Å²) in [6, 6.07) is 5.48.